The molecule has 0 aliphatic heterocycles. The van der Waals surface area contributed by atoms with Crippen molar-refractivity contribution in [3.8, 4) is 0 Å². The van der Waals surface area contributed by atoms with E-state index in [0.717, 1.165) is 11.8 Å². The fourth-order valence-corrected chi connectivity index (χ4v) is 5.06. The maximum atomic E-state index is 6.31. The number of hydrogen-bond donors (Lipinski definition) is 1. The van der Waals surface area contributed by atoms with E-state index in [9.17, 15) is 0 Å². The molecule has 29 heavy (non-hydrogen) atoms. The van der Waals surface area contributed by atoms with Crippen molar-refractivity contribution >= 4 is 0 Å². The summed E-state index contributed by atoms with van der Waals surface area (Å²) in [7, 11) is 0. The van der Waals surface area contributed by atoms with E-state index in [1.807, 2.05) is 0 Å². The summed E-state index contributed by atoms with van der Waals surface area (Å²) < 4.78 is 0. The monoisotopic (exact) mass is 407 g/mol. The largest absolute Gasteiger partial charge is 0.328 e. The molecule has 1 heteroatoms. The van der Waals surface area contributed by atoms with Crippen LogP contribution in [0.1, 0.15) is 162 Å². The van der Waals surface area contributed by atoms with Gasteiger partial charge in [-0.25, -0.2) is 0 Å². The summed E-state index contributed by atoms with van der Waals surface area (Å²) >= 11 is 0. The maximum Gasteiger partial charge on any atom is 0.00388 e. The van der Waals surface area contributed by atoms with E-state index in [0.29, 0.717) is 6.04 Å². The number of unbranched alkanes of at least 4 members (excludes halogenated alkanes) is 15. The lowest BCUT2D eigenvalue weighted by Crippen LogP contribution is -2.19. The van der Waals surface area contributed by atoms with Crippen LogP contribution >= 0.6 is 0 Å². The van der Waals surface area contributed by atoms with Gasteiger partial charge in [0.25, 0.3) is 0 Å². The van der Waals surface area contributed by atoms with Gasteiger partial charge in [0.2, 0.25) is 0 Å². The zero-order valence-electron chi connectivity index (χ0n) is 20.6. The topological polar surface area (TPSA) is 26.0 Å². The summed E-state index contributed by atoms with van der Waals surface area (Å²) in [6, 6.07) is 0.472. The van der Waals surface area contributed by atoms with Crippen LogP contribution in [0.3, 0.4) is 0 Å². The summed E-state index contributed by atoms with van der Waals surface area (Å²) in [5.74, 6) is 2.23. The van der Waals surface area contributed by atoms with Gasteiger partial charge in [-0.1, -0.05) is 142 Å². The second-order valence-electron chi connectivity index (χ2n) is 10.3. The highest BCUT2D eigenvalue weighted by atomic mass is 14.6. The highest BCUT2D eigenvalue weighted by Crippen LogP contribution is 2.45. The summed E-state index contributed by atoms with van der Waals surface area (Å²) in [6.07, 6.45) is 32.9. The van der Waals surface area contributed by atoms with Crippen molar-refractivity contribution in [3.05, 3.63) is 0 Å². The first-order valence-corrected chi connectivity index (χ1v) is 14.0. The number of nitrogens with two attached hydrogens (primary N) is 1. The number of rotatable bonds is 23. The Morgan fingerprint density at radius 2 is 0.862 bits per heavy atom. The third-order valence-electron chi connectivity index (χ3n) is 7.33. The van der Waals surface area contributed by atoms with Gasteiger partial charge in [-0.2, -0.15) is 0 Å². The maximum absolute atomic E-state index is 6.31. The van der Waals surface area contributed by atoms with Gasteiger partial charge in [0.05, 0.1) is 0 Å². The fourth-order valence-electron chi connectivity index (χ4n) is 5.06. The van der Waals surface area contributed by atoms with E-state index < -0.39 is 0 Å². The van der Waals surface area contributed by atoms with Crippen LogP contribution in [0, 0.1) is 11.8 Å². The molecule has 2 N–H and O–H groups in total. The zero-order valence-corrected chi connectivity index (χ0v) is 20.6. The molecule has 0 amide bonds. The average Bonchev–Trinajstić information content (AvgIpc) is 3.47. The highest BCUT2D eigenvalue weighted by molar-refractivity contribution is 4.85. The first-order chi connectivity index (χ1) is 14.3. The Morgan fingerprint density at radius 1 is 0.517 bits per heavy atom. The standard InChI is InChI=1S/C28H57N/c1-3-5-7-9-11-15-19-23-28(29)24-20-16-12-14-18-22-27-25-26(27)21-17-13-10-8-6-4-2/h26-28H,3-25,29H2,1-2H3. The lowest BCUT2D eigenvalue weighted by Gasteiger charge is -2.11. The van der Waals surface area contributed by atoms with Gasteiger partial charge in [0.1, 0.15) is 0 Å². The molecule has 0 spiro atoms. The predicted molar refractivity (Wildman–Crippen MR) is 132 cm³/mol. The summed E-state index contributed by atoms with van der Waals surface area (Å²) in [5, 5.41) is 0. The van der Waals surface area contributed by atoms with Crippen molar-refractivity contribution in [1.29, 1.82) is 0 Å². The zero-order chi connectivity index (χ0) is 21.0. The molecule has 3 unspecified atom stereocenters. The van der Waals surface area contributed by atoms with E-state index in [1.165, 1.54) is 141 Å². The van der Waals surface area contributed by atoms with Gasteiger partial charge in [0.15, 0.2) is 0 Å². The Bertz CT molecular complexity index is 320. The molecule has 3 atom stereocenters. The smallest absolute Gasteiger partial charge is 0.00388 e. The first-order valence-electron chi connectivity index (χ1n) is 14.0. The van der Waals surface area contributed by atoms with Crippen molar-refractivity contribution in [2.45, 2.75) is 168 Å². The molecular formula is C28H57N. The number of hydrogen-bond acceptors (Lipinski definition) is 1. The molecule has 174 valence electrons. The minimum absolute atomic E-state index is 0.472. The van der Waals surface area contributed by atoms with Gasteiger partial charge in [-0.3, -0.25) is 0 Å². The molecule has 0 bridgehead atoms. The van der Waals surface area contributed by atoms with Crippen molar-refractivity contribution in [3.63, 3.8) is 0 Å². The lowest BCUT2D eigenvalue weighted by molar-refractivity contribution is 0.477. The normalized spacial score (nSPS) is 19.6. The highest BCUT2D eigenvalue weighted by Gasteiger charge is 2.34. The van der Waals surface area contributed by atoms with Crippen molar-refractivity contribution in [2.75, 3.05) is 0 Å². The van der Waals surface area contributed by atoms with Crippen molar-refractivity contribution < 1.29 is 0 Å². The molecule has 1 aliphatic carbocycles. The van der Waals surface area contributed by atoms with Gasteiger partial charge in [0, 0.05) is 6.04 Å². The van der Waals surface area contributed by atoms with Gasteiger partial charge >= 0.3 is 0 Å². The molecule has 0 aromatic rings. The summed E-state index contributed by atoms with van der Waals surface area (Å²) in [4.78, 5) is 0. The molecule has 1 fully saturated rings. The molecular weight excluding hydrogens is 350 g/mol. The molecule has 1 rings (SSSR count). The van der Waals surface area contributed by atoms with Crippen LogP contribution in [0.25, 0.3) is 0 Å². The van der Waals surface area contributed by atoms with Crippen molar-refractivity contribution in [2.24, 2.45) is 17.6 Å². The molecule has 1 nitrogen and oxygen atoms in total. The van der Waals surface area contributed by atoms with Crippen LogP contribution in [-0.2, 0) is 0 Å². The Balaban J connectivity index is 1.75. The molecule has 1 aliphatic rings. The average molecular weight is 408 g/mol. The lowest BCUT2D eigenvalue weighted by atomic mass is 10.00. The van der Waals surface area contributed by atoms with Crippen LogP contribution < -0.4 is 5.73 Å². The van der Waals surface area contributed by atoms with E-state index in [2.05, 4.69) is 13.8 Å². The minimum atomic E-state index is 0.472. The van der Waals surface area contributed by atoms with Crippen LogP contribution in [0.5, 0.6) is 0 Å². The third kappa shape index (κ3) is 17.3. The van der Waals surface area contributed by atoms with Crippen LogP contribution in [-0.4, -0.2) is 6.04 Å². The second-order valence-corrected chi connectivity index (χ2v) is 10.3. The van der Waals surface area contributed by atoms with Gasteiger partial charge < -0.3 is 5.73 Å². The summed E-state index contributed by atoms with van der Waals surface area (Å²) in [6.45, 7) is 4.60. The fraction of sp³-hybridized carbons (Fsp3) is 1.00. The third-order valence-corrected chi connectivity index (χ3v) is 7.33. The molecule has 0 aromatic heterocycles. The van der Waals surface area contributed by atoms with Crippen LogP contribution in [0.15, 0.2) is 0 Å². The molecule has 0 radical (unpaired) electrons. The van der Waals surface area contributed by atoms with E-state index in [-0.39, 0.29) is 0 Å². The Labute approximate surface area is 185 Å². The SMILES string of the molecule is CCCCCCCCCC(N)CCCCCCCC1CC1CCCCCCCC. The van der Waals surface area contributed by atoms with E-state index >= 15 is 0 Å². The Morgan fingerprint density at radius 3 is 1.28 bits per heavy atom. The van der Waals surface area contributed by atoms with Crippen LogP contribution in [0.2, 0.25) is 0 Å². The van der Waals surface area contributed by atoms with Gasteiger partial charge in [-0.05, 0) is 31.1 Å². The van der Waals surface area contributed by atoms with Gasteiger partial charge in [-0.15, -0.1) is 0 Å². The summed E-state index contributed by atoms with van der Waals surface area (Å²) in [5.41, 5.74) is 6.31. The van der Waals surface area contributed by atoms with Crippen molar-refractivity contribution in [1.82, 2.24) is 0 Å². The minimum Gasteiger partial charge on any atom is -0.328 e. The quantitative estimate of drug-likeness (QED) is 0.168. The molecule has 0 aromatic carbocycles. The Kier molecular flexibility index (Phi) is 18.5. The Hall–Kier alpha value is -0.0400. The predicted octanol–water partition coefficient (Wildman–Crippen LogP) is 9.57. The molecule has 0 heterocycles. The van der Waals surface area contributed by atoms with E-state index in [4.69, 9.17) is 5.73 Å². The first kappa shape index (κ1) is 27.0. The van der Waals surface area contributed by atoms with E-state index in [1.54, 1.807) is 6.42 Å². The molecule has 1 saturated carbocycles. The second kappa shape index (κ2) is 19.9. The van der Waals surface area contributed by atoms with Crippen LogP contribution in [0.4, 0.5) is 0 Å². The molecule has 0 saturated heterocycles.